The molecule has 2 aromatic rings. The second-order valence-corrected chi connectivity index (χ2v) is 4.61. The molecule has 1 unspecified atom stereocenters. The summed E-state index contributed by atoms with van der Waals surface area (Å²) in [5.74, 6) is 0. The Labute approximate surface area is 72.4 Å². The quantitative estimate of drug-likeness (QED) is 0.547. The van der Waals surface area contributed by atoms with Crippen molar-refractivity contribution in [2.75, 3.05) is 0 Å². The van der Waals surface area contributed by atoms with E-state index in [1.54, 1.807) is 0 Å². The van der Waals surface area contributed by atoms with E-state index in [0.717, 1.165) is 0 Å². The van der Waals surface area contributed by atoms with E-state index in [-0.39, 0.29) is 0 Å². The molecular formula is C9H9PS. The summed E-state index contributed by atoms with van der Waals surface area (Å²) >= 11 is 1.85. The monoisotopic (exact) mass is 180 g/mol. The van der Waals surface area contributed by atoms with Gasteiger partial charge in [-0.15, -0.1) is 20.6 Å². The molecule has 0 radical (unpaired) electrons. The van der Waals surface area contributed by atoms with Crippen LogP contribution >= 0.6 is 20.6 Å². The molecule has 2 heteroatoms. The third kappa shape index (κ3) is 1.31. The number of hydrogen-bond acceptors (Lipinski definition) is 1. The molecule has 0 aliphatic carbocycles. The molecule has 1 atom stereocenters. The fraction of sp³-hybridized carbons (Fsp3) is 0.111. The number of benzene rings is 1. The standard InChI is InChI=1S/C9H9PS/c1-6-4-7-2-3-8(10)5-9(7)11-6/h2-5H,10H2,1H3. The Morgan fingerprint density at radius 1 is 1.27 bits per heavy atom. The van der Waals surface area contributed by atoms with Crippen LogP contribution in [0.4, 0.5) is 0 Å². The van der Waals surface area contributed by atoms with Gasteiger partial charge in [0, 0.05) is 9.58 Å². The molecule has 0 aliphatic heterocycles. The summed E-state index contributed by atoms with van der Waals surface area (Å²) in [6, 6.07) is 8.72. The van der Waals surface area contributed by atoms with Crippen LogP contribution in [0.15, 0.2) is 24.3 Å². The van der Waals surface area contributed by atoms with Crippen molar-refractivity contribution >= 4 is 36.0 Å². The SMILES string of the molecule is Cc1cc2ccc(P)cc2s1. The molecule has 56 valence electrons. The minimum atomic E-state index is 1.26. The van der Waals surface area contributed by atoms with E-state index < -0.39 is 0 Å². The largest absolute Gasteiger partial charge is 0.141 e. The van der Waals surface area contributed by atoms with Crippen LogP contribution in [0.5, 0.6) is 0 Å². The lowest BCUT2D eigenvalue weighted by atomic mass is 10.2. The number of fused-ring (bicyclic) bond motifs is 1. The van der Waals surface area contributed by atoms with E-state index in [1.165, 1.54) is 20.3 Å². The minimum Gasteiger partial charge on any atom is -0.141 e. The van der Waals surface area contributed by atoms with Gasteiger partial charge in [0.15, 0.2) is 0 Å². The molecule has 1 aromatic heterocycles. The van der Waals surface area contributed by atoms with Crippen LogP contribution in [0.3, 0.4) is 0 Å². The van der Waals surface area contributed by atoms with Crippen molar-refractivity contribution in [2.24, 2.45) is 0 Å². The van der Waals surface area contributed by atoms with Gasteiger partial charge in [0.25, 0.3) is 0 Å². The highest BCUT2D eigenvalue weighted by Crippen LogP contribution is 2.23. The summed E-state index contributed by atoms with van der Waals surface area (Å²) in [5.41, 5.74) is 0. The summed E-state index contributed by atoms with van der Waals surface area (Å²) in [6.07, 6.45) is 0. The first-order valence-corrected chi connectivity index (χ1v) is 4.91. The molecule has 11 heavy (non-hydrogen) atoms. The lowest BCUT2D eigenvalue weighted by molar-refractivity contribution is 1.66. The smallest absolute Gasteiger partial charge is 0.0351 e. The molecule has 0 saturated carbocycles. The van der Waals surface area contributed by atoms with E-state index in [9.17, 15) is 0 Å². The van der Waals surface area contributed by atoms with Gasteiger partial charge >= 0.3 is 0 Å². The van der Waals surface area contributed by atoms with Gasteiger partial charge in [-0.05, 0) is 29.7 Å². The second kappa shape index (κ2) is 2.58. The maximum atomic E-state index is 2.72. The van der Waals surface area contributed by atoms with Gasteiger partial charge in [0.2, 0.25) is 0 Å². The Morgan fingerprint density at radius 3 is 2.91 bits per heavy atom. The molecule has 0 nitrogen and oxygen atoms in total. The fourth-order valence-electron chi connectivity index (χ4n) is 1.18. The summed E-state index contributed by atoms with van der Waals surface area (Å²) in [5, 5.41) is 2.62. The number of rotatable bonds is 0. The zero-order valence-corrected chi connectivity index (χ0v) is 8.27. The molecule has 0 N–H and O–H groups in total. The van der Waals surface area contributed by atoms with Gasteiger partial charge in [0.1, 0.15) is 0 Å². The third-order valence-corrected chi connectivity index (χ3v) is 3.04. The van der Waals surface area contributed by atoms with Gasteiger partial charge in [-0.1, -0.05) is 12.1 Å². The maximum absolute atomic E-state index is 2.72. The van der Waals surface area contributed by atoms with E-state index >= 15 is 0 Å². The summed E-state index contributed by atoms with van der Waals surface area (Å²) in [6.45, 7) is 2.15. The van der Waals surface area contributed by atoms with Crippen LogP contribution < -0.4 is 5.30 Å². The molecule has 2 rings (SSSR count). The summed E-state index contributed by atoms with van der Waals surface area (Å²) < 4.78 is 1.38. The maximum Gasteiger partial charge on any atom is 0.0351 e. The topological polar surface area (TPSA) is 0 Å². The molecule has 0 spiro atoms. The van der Waals surface area contributed by atoms with Crippen LogP contribution in [0.2, 0.25) is 0 Å². The molecule has 0 bridgehead atoms. The normalized spacial score (nSPS) is 10.7. The molecule has 0 saturated heterocycles. The van der Waals surface area contributed by atoms with Gasteiger partial charge in [-0.3, -0.25) is 0 Å². The van der Waals surface area contributed by atoms with Crippen LogP contribution in [0.1, 0.15) is 4.88 Å². The molecule has 1 aromatic carbocycles. The second-order valence-electron chi connectivity index (χ2n) is 2.65. The number of thiophene rings is 1. The average Bonchev–Trinajstić information content (AvgIpc) is 2.27. The van der Waals surface area contributed by atoms with Crippen molar-refractivity contribution in [2.45, 2.75) is 6.92 Å². The third-order valence-electron chi connectivity index (χ3n) is 1.67. The molecular weight excluding hydrogens is 171 g/mol. The van der Waals surface area contributed by atoms with Crippen molar-refractivity contribution in [3.05, 3.63) is 29.1 Å². The van der Waals surface area contributed by atoms with Crippen LogP contribution in [-0.2, 0) is 0 Å². The van der Waals surface area contributed by atoms with Crippen LogP contribution in [0.25, 0.3) is 10.1 Å². The number of hydrogen-bond donors (Lipinski definition) is 0. The predicted molar refractivity (Wildman–Crippen MR) is 55.9 cm³/mol. The highest BCUT2D eigenvalue weighted by Gasteiger charge is 1.96. The number of aryl methyl sites for hydroxylation is 1. The van der Waals surface area contributed by atoms with E-state index in [2.05, 4.69) is 40.4 Å². The average molecular weight is 180 g/mol. The van der Waals surface area contributed by atoms with Crippen molar-refractivity contribution in [3.63, 3.8) is 0 Å². The molecule has 0 fully saturated rings. The Balaban J connectivity index is 2.82. The lowest BCUT2D eigenvalue weighted by Gasteiger charge is -1.89. The fourth-order valence-corrected chi connectivity index (χ4v) is 2.54. The highest BCUT2D eigenvalue weighted by atomic mass is 32.1. The zero-order chi connectivity index (χ0) is 7.84. The van der Waals surface area contributed by atoms with Crippen LogP contribution in [0, 0.1) is 6.92 Å². The van der Waals surface area contributed by atoms with Crippen molar-refractivity contribution in [3.8, 4) is 0 Å². The van der Waals surface area contributed by atoms with Gasteiger partial charge < -0.3 is 0 Å². The molecule has 0 amide bonds. The first-order valence-electron chi connectivity index (χ1n) is 3.51. The minimum absolute atomic E-state index is 1.26. The summed E-state index contributed by atoms with van der Waals surface area (Å²) in [4.78, 5) is 1.38. The Bertz CT molecular complexity index is 389. The van der Waals surface area contributed by atoms with Gasteiger partial charge in [0.05, 0.1) is 0 Å². The molecule has 0 aliphatic rings. The first kappa shape index (κ1) is 7.27. The van der Waals surface area contributed by atoms with Gasteiger partial charge in [-0.25, -0.2) is 0 Å². The Hall–Kier alpha value is -0.390. The first-order chi connectivity index (χ1) is 5.25. The van der Waals surface area contributed by atoms with E-state index in [4.69, 9.17) is 0 Å². The van der Waals surface area contributed by atoms with Crippen molar-refractivity contribution < 1.29 is 0 Å². The van der Waals surface area contributed by atoms with Crippen molar-refractivity contribution in [1.82, 2.24) is 0 Å². The highest BCUT2D eigenvalue weighted by molar-refractivity contribution is 7.27. The summed E-state index contributed by atoms with van der Waals surface area (Å²) in [7, 11) is 2.72. The van der Waals surface area contributed by atoms with Crippen molar-refractivity contribution in [1.29, 1.82) is 0 Å². The van der Waals surface area contributed by atoms with Gasteiger partial charge in [-0.2, -0.15) is 0 Å². The Kier molecular flexibility index (Phi) is 1.71. The predicted octanol–water partition coefficient (Wildman–Crippen LogP) is 2.71. The van der Waals surface area contributed by atoms with Crippen LogP contribution in [-0.4, -0.2) is 0 Å². The van der Waals surface area contributed by atoms with E-state index in [0.29, 0.717) is 0 Å². The lowest BCUT2D eigenvalue weighted by Crippen LogP contribution is -1.84. The Morgan fingerprint density at radius 2 is 2.09 bits per heavy atom. The van der Waals surface area contributed by atoms with E-state index in [1.807, 2.05) is 11.3 Å². The molecule has 1 heterocycles. The zero-order valence-electron chi connectivity index (χ0n) is 6.29.